The van der Waals surface area contributed by atoms with Crippen molar-refractivity contribution >= 4 is 29.3 Å². The Morgan fingerprint density at radius 3 is 2.68 bits per heavy atom. The summed E-state index contributed by atoms with van der Waals surface area (Å²) in [4.78, 5) is 27.0. The molecular weight excluding hydrogens is 336 g/mol. The van der Waals surface area contributed by atoms with Crippen LogP contribution in [0.15, 0.2) is 53.4 Å². The summed E-state index contributed by atoms with van der Waals surface area (Å²) >= 11 is 1.50. The number of carbonyl (C=O) groups is 2. The number of nitrogens with one attached hydrogen (secondary N) is 1. The standard InChI is InChI=1S/C19H20N2O3S/c1-13(22)15-8-6-14(7-9-15)10-20-18(23)11-21-16-4-2-3-5-17(16)25-12-19(21)24/h2-9,13,22H,10-12H2,1H3,(H,20,23). The molecule has 0 radical (unpaired) electrons. The molecule has 3 rings (SSSR count). The van der Waals surface area contributed by atoms with Crippen LogP contribution in [0.4, 0.5) is 5.69 Å². The van der Waals surface area contributed by atoms with E-state index < -0.39 is 6.10 Å². The number of fused-ring (bicyclic) bond motifs is 1. The fourth-order valence-electron chi connectivity index (χ4n) is 2.64. The molecule has 0 aliphatic carbocycles. The van der Waals surface area contributed by atoms with Crippen molar-refractivity contribution in [2.24, 2.45) is 0 Å². The highest BCUT2D eigenvalue weighted by molar-refractivity contribution is 8.00. The molecule has 0 fully saturated rings. The van der Waals surface area contributed by atoms with Crippen LogP contribution in [0.3, 0.4) is 0 Å². The van der Waals surface area contributed by atoms with Crippen molar-refractivity contribution in [2.45, 2.75) is 24.5 Å². The van der Waals surface area contributed by atoms with Crippen LogP contribution >= 0.6 is 11.8 Å². The molecule has 1 aliphatic heterocycles. The normalized spacial score (nSPS) is 14.8. The van der Waals surface area contributed by atoms with Crippen LogP contribution in [0, 0.1) is 0 Å². The van der Waals surface area contributed by atoms with E-state index in [1.807, 2.05) is 48.5 Å². The van der Waals surface area contributed by atoms with Gasteiger partial charge in [-0.1, -0.05) is 36.4 Å². The van der Waals surface area contributed by atoms with Crippen molar-refractivity contribution in [3.63, 3.8) is 0 Å². The molecule has 1 heterocycles. The Kier molecular flexibility index (Phi) is 5.40. The van der Waals surface area contributed by atoms with E-state index in [1.165, 1.54) is 16.7 Å². The zero-order chi connectivity index (χ0) is 17.8. The first-order chi connectivity index (χ1) is 12.0. The lowest BCUT2D eigenvalue weighted by atomic mass is 10.1. The van der Waals surface area contributed by atoms with Gasteiger partial charge in [0.15, 0.2) is 0 Å². The van der Waals surface area contributed by atoms with Crippen LogP contribution in [-0.4, -0.2) is 29.2 Å². The summed E-state index contributed by atoms with van der Waals surface area (Å²) < 4.78 is 0. The van der Waals surface area contributed by atoms with Crippen LogP contribution in [-0.2, 0) is 16.1 Å². The molecule has 25 heavy (non-hydrogen) atoms. The Bertz CT molecular complexity index is 774. The highest BCUT2D eigenvalue weighted by atomic mass is 32.2. The fraction of sp³-hybridized carbons (Fsp3) is 0.263. The second-order valence-electron chi connectivity index (χ2n) is 5.93. The number of benzene rings is 2. The Balaban J connectivity index is 1.60. The summed E-state index contributed by atoms with van der Waals surface area (Å²) in [6.07, 6.45) is -0.508. The SMILES string of the molecule is CC(O)c1ccc(CNC(=O)CN2C(=O)CSc3ccccc32)cc1. The maximum absolute atomic E-state index is 12.3. The molecule has 2 amide bonds. The van der Waals surface area contributed by atoms with Crippen LogP contribution in [0.25, 0.3) is 0 Å². The first kappa shape index (κ1) is 17.5. The van der Waals surface area contributed by atoms with Crippen LogP contribution in [0.5, 0.6) is 0 Å². The molecule has 0 saturated heterocycles. The third kappa shape index (κ3) is 4.21. The number of hydrogen-bond donors (Lipinski definition) is 2. The maximum Gasteiger partial charge on any atom is 0.240 e. The van der Waals surface area contributed by atoms with Crippen molar-refractivity contribution in [3.8, 4) is 0 Å². The molecule has 0 aromatic heterocycles. The average molecular weight is 356 g/mol. The summed E-state index contributed by atoms with van der Waals surface area (Å²) in [6, 6.07) is 15.0. The van der Waals surface area contributed by atoms with Gasteiger partial charge in [0.25, 0.3) is 0 Å². The second kappa shape index (κ2) is 7.72. The highest BCUT2D eigenvalue weighted by Gasteiger charge is 2.25. The number of carbonyl (C=O) groups excluding carboxylic acids is 2. The molecule has 0 spiro atoms. The molecule has 1 unspecified atom stereocenters. The van der Waals surface area contributed by atoms with Crippen molar-refractivity contribution < 1.29 is 14.7 Å². The van der Waals surface area contributed by atoms with Gasteiger partial charge in [-0.05, 0) is 30.2 Å². The fourth-order valence-corrected chi connectivity index (χ4v) is 3.58. The molecule has 5 nitrogen and oxygen atoms in total. The van der Waals surface area contributed by atoms with E-state index in [4.69, 9.17) is 0 Å². The topological polar surface area (TPSA) is 69.6 Å². The predicted octanol–water partition coefficient (Wildman–Crippen LogP) is 2.50. The Morgan fingerprint density at radius 1 is 1.24 bits per heavy atom. The number of para-hydroxylation sites is 1. The van der Waals surface area contributed by atoms with Gasteiger partial charge in [-0.25, -0.2) is 0 Å². The quantitative estimate of drug-likeness (QED) is 0.864. The number of amides is 2. The number of hydrogen-bond acceptors (Lipinski definition) is 4. The number of thioether (sulfide) groups is 1. The van der Waals surface area contributed by atoms with Gasteiger partial charge < -0.3 is 15.3 Å². The van der Waals surface area contributed by atoms with Crippen molar-refractivity contribution in [1.82, 2.24) is 5.32 Å². The molecule has 2 aromatic carbocycles. The summed E-state index contributed by atoms with van der Waals surface area (Å²) in [7, 11) is 0. The highest BCUT2D eigenvalue weighted by Crippen LogP contribution is 2.34. The first-order valence-corrected chi connectivity index (χ1v) is 9.09. The van der Waals surface area contributed by atoms with Crippen molar-refractivity contribution in [1.29, 1.82) is 0 Å². The van der Waals surface area contributed by atoms with Crippen LogP contribution in [0.1, 0.15) is 24.2 Å². The van der Waals surface area contributed by atoms with Crippen molar-refractivity contribution in [3.05, 3.63) is 59.7 Å². The van der Waals surface area contributed by atoms with E-state index in [0.717, 1.165) is 21.7 Å². The number of rotatable bonds is 5. The number of anilines is 1. The lowest BCUT2D eigenvalue weighted by molar-refractivity contribution is -0.123. The van der Waals surface area contributed by atoms with Crippen LogP contribution in [0.2, 0.25) is 0 Å². The predicted molar refractivity (Wildman–Crippen MR) is 98.4 cm³/mol. The molecule has 1 atom stereocenters. The molecule has 0 saturated carbocycles. The Morgan fingerprint density at radius 2 is 1.96 bits per heavy atom. The third-order valence-electron chi connectivity index (χ3n) is 4.06. The molecule has 2 aromatic rings. The van der Waals surface area contributed by atoms with Gasteiger partial charge in [0.2, 0.25) is 11.8 Å². The number of aliphatic hydroxyl groups excluding tert-OH is 1. The lowest BCUT2D eigenvalue weighted by Gasteiger charge is -2.28. The molecule has 0 bridgehead atoms. The summed E-state index contributed by atoms with van der Waals surface area (Å²) in [5.74, 6) is 0.0975. The molecule has 6 heteroatoms. The molecule has 130 valence electrons. The number of aliphatic hydroxyl groups is 1. The monoisotopic (exact) mass is 356 g/mol. The van der Waals surface area contributed by atoms with Gasteiger partial charge in [0, 0.05) is 11.4 Å². The van der Waals surface area contributed by atoms with E-state index in [0.29, 0.717) is 12.3 Å². The van der Waals surface area contributed by atoms with Gasteiger partial charge in [0.1, 0.15) is 6.54 Å². The molecule has 1 aliphatic rings. The lowest BCUT2D eigenvalue weighted by Crippen LogP contribution is -2.43. The van der Waals surface area contributed by atoms with Gasteiger partial charge >= 0.3 is 0 Å². The van der Waals surface area contributed by atoms with Gasteiger partial charge in [-0.2, -0.15) is 0 Å². The zero-order valence-corrected chi connectivity index (χ0v) is 14.8. The smallest absolute Gasteiger partial charge is 0.240 e. The average Bonchev–Trinajstić information content (AvgIpc) is 2.63. The van der Waals surface area contributed by atoms with E-state index in [2.05, 4.69) is 5.32 Å². The van der Waals surface area contributed by atoms with Gasteiger partial charge in [-0.3, -0.25) is 9.59 Å². The van der Waals surface area contributed by atoms with Gasteiger partial charge in [-0.15, -0.1) is 11.8 Å². The van der Waals surface area contributed by atoms with E-state index in [9.17, 15) is 14.7 Å². The number of nitrogens with zero attached hydrogens (tertiary/aromatic N) is 1. The summed E-state index contributed by atoms with van der Waals surface area (Å²) in [6.45, 7) is 2.11. The largest absolute Gasteiger partial charge is 0.389 e. The minimum Gasteiger partial charge on any atom is -0.389 e. The van der Waals surface area contributed by atoms with Gasteiger partial charge in [0.05, 0.1) is 17.5 Å². The van der Waals surface area contributed by atoms with Crippen LogP contribution < -0.4 is 10.2 Å². The minimum absolute atomic E-state index is 0.0160. The first-order valence-electron chi connectivity index (χ1n) is 8.10. The summed E-state index contributed by atoms with van der Waals surface area (Å²) in [5.41, 5.74) is 2.57. The third-order valence-corrected chi connectivity index (χ3v) is 5.11. The molecule has 2 N–H and O–H groups in total. The Hall–Kier alpha value is -2.31. The van der Waals surface area contributed by atoms with E-state index >= 15 is 0 Å². The Labute approximate surface area is 151 Å². The van der Waals surface area contributed by atoms with E-state index in [1.54, 1.807) is 6.92 Å². The van der Waals surface area contributed by atoms with E-state index in [-0.39, 0.29) is 18.4 Å². The summed E-state index contributed by atoms with van der Waals surface area (Å²) in [5, 5.41) is 12.4. The maximum atomic E-state index is 12.3. The minimum atomic E-state index is -0.508. The zero-order valence-electron chi connectivity index (χ0n) is 13.9. The molecular formula is C19H20N2O3S. The second-order valence-corrected chi connectivity index (χ2v) is 6.95. The van der Waals surface area contributed by atoms with Crippen molar-refractivity contribution in [2.75, 3.05) is 17.2 Å².